The molecule has 0 amide bonds. The fourth-order valence-electron chi connectivity index (χ4n) is 2.39. The van der Waals surface area contributed by atoms with Gasteiger partial charge in [-0.05, 0) is 43.0 Å². The summed E-state index contributed by atoms with van der Waals surface area (Å²) in [5, 5.41) is 12.1. The van der Waals surface area contributed by atoms with Gasteiger partial charge in [0, 0.05) is 32.4 Å². The number of aryl methyl sites for hydroxylation is 1. The molecule has 0 unspecified atom stereocenters. The van der Waals surface area contributed by atoms with Crippen molar-refractivity contribution >= 4 is 5.69 Å². The maximum Gasteiger partial charge on any atom is 0.0443 e. The van der Waals surface area contributed by atoms with E-state index in [1.807, 2.05) is 0 Å². The Labute approximate surface area is 103 Å². The van der Waals surface area contributed by atoms with Gasteiger partial charge in [-0.2, -0.15) is 0 Å². The first kappa shape index (κ1) is 12.4. The molecule has 0 saturated heterocycles. The van der Waals surface area contributed by atoms with Crippen molar-refractivity contribution in [2.24, 2.45) is 0 Å². The van der Waals surface area contributed by atoms with Gasteiger partial charge in [0.25, 0.3) is 0 Å². The van der Waals surface area contributed by atoms with Crippen LogP contribution < -0.4 is 10.2 Å². The van der Waals surface area contributed by atoms with E-state index < -0.39 is 0 Å². The molecule has 3 nitrogen and oxygen atoms in total. The van der Waals surface area contributed by atoms with Crippen molar-refractivity contribution in [3.63, 3.8) is 0 Å². The number of benzene rings is 1. The summed E-state index contributed by atoms with van der Waals surface area (Å²) < 4.78 is 0. The normalized spacial score (nSPS) is 14.8. The van der Waals surface area contributed by atoms with Crippen LogP contribution in [0.1, 0.15) is 24.0 Å². The van der Waals surface area contributed by atoms with Crippen LogP contribution in [0.15, 0.2) is 18.2 Å². The van der Waals surface area contributed by atoms with Crippen molar-refractivity contribution < 1.29 is 5.11 Å². The Balaban J connectivity index is 1.96. The molecule has 1 aromatic rings. The number of hydrogen-bond donors (Lipinski definition) is 2. The monoisotopic (exact) mass is 234 g/mol. The molecule has 0 spiro atoms. The molecule has 0 fully saturated rings. The Morgan fingerprint density at radius 1 is 1.41 bits per heavy atom. The lowest BCUT2D eigenvalue weighted by Gasteiger charge is -2.27. The molecule has 3 heteroatoms. The summed E-state index contributed by atoms with van der Waals surface area (Å²) in [6.45, 7) is 3.22. The van der Waals surface area contributed by atoms with Crippen LogP contribution in [0, 0.1) is 0 Å². The highest BCUT2D eigenvalue weighted by Gasteiger charge is 2.13. The van der Waals surface area contributed by atoms with E-state index in [9.17, 15) is 0 Å². The first-order valence-corrected chi connectivity index (χ1v) is 6.46. The smallest absolute Gasteiger partial charge is 0.0443 e. The van der Waals surface area contributed by atoms with Crippen LogP contribution in [-0.2, 0) is 13.0 Å². The molecule has 0 bridgehead atoms. The Bertz CT molecular complexity index is 365. The maximum atomic E-state index is 8.71. The number of nitrogens with one attached hydrogen (secondary N) is 1. The second-order valence-corrected chi connectivity index (χ2v) is 4.74. The Hall–Kier alpha value is -1.06. The predicted octanol–water partition coefficient (Wildman–Crippen LogP) is 1.54. The lowest BCUT2D eigenvalue weighted by Crippen LogP contribution is -2.25. The molecule has 0 atom stereocenters. The van der Waals surface area contributed by atoms with Crippen LogP contribution >= 0.6 is 0 Å². The summed E-state index contributed by atoms with van der Waals surface area (Å²) in [6, 6.07) is 6.75. The van der Waals surface area contributed by atoms with Gasteiger partial charge in [-0.15, -0.1) is 0 Å². The van der Waals surface area contributed by atoms with Gasteiger partial charge in [0.1, 0.15) is 0 Å². The molecule has 0 aliphatic carbocycles. The van der Waals surface area contributed by atoms with E-state index >= 15 is 0 Å². The third-order valence-corrected chi connectivity index (χ3v) is 3.34. The minimum atomic E-state index is 0.266. The van der Waals surface area contributed by atoms with Crippen molar-refractivity contribution in [2.75, 3.05) is 31.6 Å². The van der Waals surface area contributed by atoms with E-state index in [4.69, 9.17) is 5.11 Å². The molecule has 17 heavy (non-hydrogen) atoms. The van der Waals surface area contributed by atoms with Crippen molar-refractivity contribution in [3.05, 3.63) is 29.3 Å². The second-order valence-electron chi connectivity index (χ2n) is 4.74. The molecule has 2 N–H and O–H groups in total. The lowest BCUT2D eigenvalue weighted by atomic mass is 9.99. The number of hydrogen-bond acceptors (Lipinski definition) is 3. The summed E-state index contributed by atoms with van der Waals surface area (Å²) in [5.41, 5.74) is 4.20. The van der Waals surface area contributed by atoms with Gasteiger partial charge < -0.3 is 15.3 Å². The first-order valence-electron chi connectivity index (χ1n) is 6.46. The molecular weight excluding hydrogens is 212 g/mol. The molecule has 0 saturated carbocycles. The van der Waals surface area contributed by atoms with Gasteiger partial charge in [0.15, 0.2) is 0 Å². The number of aliphatic hydroxyl groups excluding tert-OH is 1. The predicted molar refractivity (Wildman–Crippen MR) is 71.4 cm³/mol. The minimum Gasteiger partial charge on any atom is -0.396 e. The van der Waals surface area contributed by atoms with Crippen LogP contribution in [0.3, 0.4) is 0 Å². The Morgan fingerprint density at radius 2 is 2.29 bits per heavy atom. The maximum absolute atomic E-state index is 8.71. The fourth-order valence-corrected chi connectivity index (χ4v) is 2.39. The molecule has 1 heterocycles. The Morgan fingerprint density at radius 3 is 3.12 bits per heavy atom. The number of anilines is 1. The minimum absolute atomic E-state index is 0.266. The molecule has 0 radical (unpaired) electrons. The number of aliphatic hydroxyl groups is 1. The Kier molecular flexibility index (Phi) is 4.40. The molecule has 2 rings (SSSR count). The van der Waals surface area contributed by atoms with Crippen molar-refractivity contribution in [3.8, 4) is 0 Å². The zero-order valence-corrected chi connectivity index (χ0v) is 10.6. The van der Waals surface area contributed by atoms with Crippen LogP contribution in [0.4, 0.5) is 5.69 Å². The fraction of sp³-hybridized carbons (Fsp3) is 0.571. The summed E-state index contributed by atoms with van der Waals surface area (Å²) in [7, 11) is 2.16. The van der Waals surface area contributed by atoms with Crippen LogP contribution in [0.2, 0.25) is 0 Å². The van der Waals surface area contributed by atoms with E-state index in [-0.39, 0.29) is 6.61 Å². The first-order chi connectivity index (χ1) is 8.31. The van der Waals surface area contributed by atoms with E-state index in [1.54, 1.807) is 0 Å². The van der Waals surface area contributed by atoms with Gasteiger partial charge in [-0.3, -0.25) is 0 Å². The molecule has 1 aliphatic rings. The SMILES string of the molecule is CN1CCCc2cc(CNCCCO)ccc21. The highest BCUT2D eigenvalue weighted by atomic mass is 16.3. The lowest BCUT2D eigenvalue weighted by molar-refractivity contribution is 0.286. The zero-order valence-electron chi connectivity index (χ0n) is 10.6. The van der Waals surface area contributed by atoms with Crippen molar-refractivity contribution in [1.29, 1.82) is 0 Å². The average Bonchev–Trinajstić information content (AvgIpc) is 2.35. The highest BCUT2D eigenvalue weighted by Crippen LogP contribution is 2.26. The zero-order chi connectivity index (χ0) is 12.1. The quantitative estimate of drug-likeness (QED) is 0.759. The third kappa shape index (κ3) is 3.20. The van der Waals surface area contributed by atoms with Gasteiger partial charge >= 0.3 is 0 Å². The number of fused-ring (bicyclic) bond motifs is 1. The van der Waals surface area contributed by atoms with Crippen LogP contribution in [0.25, 0.3) is 0 Å². The second kappa shape index (κ2) is 6.03. The van der Waals surface area contributed by atoms with E-state index in [0.717, 1.165) is 19.5 Å². The third-order valence-electron chi connectivity index (χ3n) is 3.34. The average molecular weight is 234 g/mol. The summed E-state index contributed by atoms with van der Waals surface area (Å²) in [6.07, 6.45) is 3.28. The van der Waals surface area contributed by atoms with Gasteiger partial charge in [0.2, 0.25) is 0 Å². The molecular formula is C14H22N2O. The van der Waals surface area contributed by atoms with Gasteiger partial charge in [-0.1, -0.05) is 12.1 Å². The van der Waals surface area contributed by atoms with Crippen LogP contribution in [-0.4, -0.2) is 31.9 Å². The van der Waals surface area contributed by atoms with Crippen molar-refractivity contribution in [1.82, 2.24) is 5.32 Å². The standard InChI is InChI=1S/C14H22N2O/c1-16-8-2-4-13-10-12(5-6-14(13)16)11-15-7-3-9-17/h5-6,10,15,17H,2-4,7-9,11H2,1H3. The number of rotatable bonds is 5. The van der Waals surface area contributed by atoms with E-state index in [2.05, 4.69) is 35.5 Å². The van der Waals surface area contributed by atoms with Gasteiger partial charge in [-0.25, -0.2) is 0 Å². The van der Waals surface area contributed by atoms with Gasteiger partial charge in [0.05, 0.1) is 0 Å². The highest BCUT2D eigenvalue weighted by molar-refractivity contribution is 5.56. The summed E-state index contributed by atoms with van der Waals surface area (Å²) >= 11 is 0. The largest absolute Gasteiger partial charge is 0.396 e. The molecule has 1 aromatic carbocycles. The summed E-state index contributed by atoms with van der Waals surface area (Å²) in [5.74, 6) is 0. The summed E-state index contributed by atoms with van der Waals surface area (Å²) in [4.78, 5) is 2.34. The van der Waals surface area contributed by atoms with E-state index in [0.29, 0.717) is 0 Å². The molecule has 94 valence electrons. The topological polar surface area (TPSA) is 35.5 Å². The van der Waals surface area contributed by atoms with Crippen LogP contribution in [0.5, 0.6) is 0 Å². The number of nitrogens with zero attached hydrogens (tertiary/aromatic N) is 1. The van der Waals surface area contributed by atoms with E-state index in [1.165, 1.54) is 36.2 Å². The van der Waals surface area contributed by atoms with Crippen molar-refractivity contribution in [2.45, 2.75) is 25.8 Å². The molecule has 1 aliphatic heterocycles. The molecule has 0 aromatic heterocycles.